The predicted molar refractivity (Wildman–Crippen MR) is 80.6 cm³/mol. The van der Waals surface area contributed by atoms with Crippen molar-refractivity contribution >= 4 is 0 Å². The topological polar surface area (TPSA) is 18.5 Å². The van der Waals surface area contributed by atoms with Crippen molar-refractivity contribution in [1.82, 2.24) is 0 Å². The summed E-state index contributed by atoms with van der Waals surface area (Å²) in [6.07, 6.45) is 2.24. The molecule has 0 saturated heterocycles. The van der Waals surface area contributed by atoms with Crippen LogP contribution in [-0.2, 0) is 4.74 Å². The maximum absolute atomic E-state index is 5.68. The third-order valence-electron chi connectivity index (χ3n) is 3.30. The minimum absolute atomic E-state index is 0.187. The molecule has 2 unspecified atom stereocenters. The van der Waals surface area contributed by atoms with E-state index in [9.17, 15) is 0 Å². The fourth-order valence-corrected chi connectivity index (χ4v) is 2.39. The first-order valence-electron chi connectivity index (χ1n) is 7.45. The van der Waals surface area contributed by atoms with Crippen molar-refractivity contribution in [3.63, 3.8) is 0 Å². The van der Waals surface area contributed by atoms with E-state index in [-0.39, 0.29) is 6.29 Å². The van der Waals surface area contributed by atoms with Gasteiger partial charge < -0.3 is 9.47 Å². The molecule has 1 aromatic rings. The Hall–Kier alpha value is -1.02. The summed E-state index contributed by atoms with van der Waals surface area (Å²) >= 11 is 0. The smallest absolute Gasteiger partial charge is 0.196 e. The van der Waals surface area contributed by atoms with Crippen LogP contribution in [0, 0.1) is 5.92 Å². The van der Waals surface area contributed by atoms with E-state index in [1.165, 1.54) is 18.4 Å². The number of ether oxygens (including phenoxy) is 2. The molecule has 1 rings (SSSR count). The van der Waals surface area contributed by atoms with Crippen LogP contribution in [0.25, 0.3) is 0 Å². The first-order chi connectivity index (χ1) is 9.06. The van der Waals surface area contributed by atoms with E-state index in [0.717, 1.165) is 11.7 Å². The summed E-state index contributed by atoms with van der Waals surface area (Å²) in [5, 5.41) is 0. The van der Waals surface area contributed by atoms with Crippen molar-refractivity contribution in [2.24, 2.45) is 5.92 Å². The normalized spacial score (nSPS) is 14.4. The van der Waals surface area contributed by atoms with Crippen LogP contribution < -0.4 is 4.74 Å². The fourth-order valence-electron chi connectivity index (χ4n) is 2.39. The van der Waals surface area contributed by atoms with Crippen LogP contribution in [0.1, 0.15) is 58.9 Å². The summed E-state index contributed by atoms with van der Waals surface area (Å²) in [4.78, 5) is 0. The maximum atomic E-state index is 5.68. The second-order valence-corrected chi connectivity index (χ2v) is 5.44. The summed E-state index contributed by atoms with van der Waals surface area (Å²) in [6, 6.07) is 8.47. The highest BCUT2D eigenvalue weighted by molar-refractivity contribution is 5.29. The molecule has 0 aliphatic rings. The van der Waals surface area contributed by atoms with Gasteiger partial charge in [-0.25, -0.2) is 0 Å². The van der Waals surface area contributed by atoms with Crippen LogP contribution in [0.5, 0.6) is 5.75 Å². The predicted octanol–water partition coefficient (Wildman–Crippen LogP) is 4.99. The van der Waals surface area contributed by atoms with E-state index in [0.29, 0.717) is 12.5 Å². The van der Waals surface area contributed by atoms with Crippen LogP contribution in [0.4, 0.5) is 0 Å². The van der Waals surface area contributed by atoms with Gasteiger partial charge in [0, 0.05) is 6.61 Å². The molecule has 2 atom stereocenters. The van der Waals surface area contributed by atoms with Crippen molar-refractivity contribution in [1.29, 1.82) is 0 Å². The second kappa shape index (κ2) is 8.21. The van der Waals surface area contributed by atoms with Crippen LogP contribution >= 0.6 is 0 Å². The Morgan fingerprint density at radius 3 is 2.11 bits per heavy atom. The zero-order valence-electron chi connectivity index (χ0n) is 13.0. The van der Waals surface area contributed by atoms with E-state index < -0.39 is 0 Å². The quantitative estimate of drug-likeness (QED) is 0.616. The van der Waals surface area contributed by atoms with Gasteiger partial charge in [-0.3, -0.25) is 0 Å². The third kappa shape index (κ3) is 5.65. The van der Waals surface area contributed by atoms with Crippen LogP contribution in [0.3, 0.4) is 0 Å². The highest BCUT2D eigenvalue weighted by Gasteiger charge is 2.11. The van der Waals surface area contributed by atoms with Gasteiger partial charge in [-0.05, 0) is 56.2 Å². The molecule has 19 heavy (non-hydrogen) atoms. The van der Waals surface area contributed by atoms with Crippen molar-refractivity contribution in [3.05, 3.63) is 29.8 Å². The molecule has 108 valence electrons. The van der Waals surface area contributed by atoms with Crippen molar-refractivity contribution in [2.75, 3.05) is 6.61 Å². The van der Waals surface area contributed by atoms with E-state index >= 15 is 0 Å². The molecule has 0 amide bonds. The highest BCUT2D eigenvalue weighted by Crippen LogP contribution is 2.28. The lowest BCUT2D eigenvalue weighted by Crippen LogP contribution is -2.15. The van der Waals surface area contributed by atoms with Gasteiger partial charge >= 0.3 is 0 Å². The zero-order chi connectivity index (χ0) is 14.3. The Kier molecular flexibility index (Phi) is 6.93. The summed E-state index contributed by atoms with van der Waals surface area (Å²) in [6.45, 7) is 11.4. The fraction of sp³-hybridized carbons (Fsp3) is 0.647. The van der Waals surface area contributed by atoms with Crippen molar-refractivity contribution in [2.45, 2.75) is 59.7 Å². The van der Waals surface area contributed by atoms with Crippen molar-refractivity contribution < 1.29 is 9.47 Å². The Bertz CT molecular complexity index is 343. The van der Waals surface area contributed by atoms with Gasteiger partial charge in [-0.2, -0.15) is 0 Å². The molecule has 0 aliphatic carbocycles. The standard InChI is InChI=1S/C17H28O2/c1-6-15(12-13(3)4)16-8-10-17(11-9-16)19-14(5)18-7-2/h8-11,13-15H,6-7,12H2,1-5H3. The van der Waals surface area contributed by atoms with E-state index in [4.69, 9.17) is 9.47 Å². The molecule has 0 bridgehead atoms. The first kappa shape index (κ1) is 16.0. The van der Waals surface area contributed by atoms with Gasteiger partial charge in [0.05, 0.1) is 0 Å². The molecular weight excluding hydrogens is 236 g/mol. The molecule has 0 heterocycles. The summed E-state index contributed by atoms with van der Waals surface area (Å²) < 4.78 is 11.1. The van der Waals surface area contributed by atoms with Crippen molar-refractivity contribution in [3.8, 4) is 5.75 Å². The average Bonchev–Trinajstić information content (AvgIpc) is 2.37. The minimum Gasteiger partial charge on any atom is -0.465 e. The maximum Gasteiger partial charge on any atom is 0.196 e. The second-order valence-electron chi connectivity index (χ2n) is 5.44. The van der Waals surface area contributed by atoms with Gasteiger partial charge in [0.15, 0.2) is 6.29 Å². The van der Waals surface area contributed by atoms with Gasteiger partial charge in [0.1, 0.15) is 5.75 Å². The SMILES string of the molecule is CCOC(C)Oc1ccc(C(CC)CC(C)C)cc1. The van der Waals surface area contributed by atoms with Crippen LogP contribution in [-0.4, -0.2) is 12.9 Å². The largest absolute Gasteiger partial charge is 0.465 e. The van der Waals surface area contributed by atoms with Gasteiger partial charge in [0.25, 0.3) is 0 Å². The molecule has 2 nitrogen and oxygen atoms in total. The lowest BCUT2D eigenvalue weighted by atomic mass is 9.88. The molecule has 1 aromatic carbocycles. The molecule has 0 aliphatic heterocycles. The summed E-state index contributed by atoms with van der Waals surface area (Å²) in [5.41, 5.74) is 1.41. The number of benzene rings is 1. The Morgan fingerprint density at radius 2 is 1.63 bits per heavy atom. The molecule has 0 spiro atoms. The molecule has 0 radical (unpaired) electrons. The Balaban J connectivity index is 2.64. The van der Waals surface area contributed by atoms with Gasteiger partial charge in [-0.1, -0.05) is 32.9 Å². The molecule has 0 fully saturated rings. The summed E-state index contributed by atoms with van der Waals surface area (Å²) in [7, 11) is 0. The zero-order valence-corrected chi connectivity index (χ0v) is 13.0. The van der Waals surface area contributed by atoms with Crippen LogP contribution in [0.2, 0.25) is 0 Å². The molecule has 2 heteroatoms. The van der Waals surface area contributed by atoms with Gasteiger partial charge in [0.2, 0.25) is 0 Å². The number of hydrogen-bond donors (Lipinski definition) is 0. The molecule has 0 aromatic heterocycles. The third-order valence-corrected chi connectivity index (χ3v) is 3.30. The summed E-state index contributed by atoms with van der Waals surface area (Å²) in [5.74, 6) is 2.27. The number of hydrogen-bond acceptors (Lipinski definition) is 2. The lowest BCUT2D eigenvalue weighted by Gasteiger charge is -2.19. The van der Waals surface area contributed by atoms with E-state index in [1.54, 1.807) is 0 Å². The monoisotopic (exact) mass is 264 g/mol. The van der Waals surface area contributed by atoms with Crippen LogP contribution in [0.15, 0.2) is 24.3 Å². The Labute approximate surface area is 118 Å². The highest BCUT2D eigenvalue weighted by atomic mass is 16.7. The number of rotatable bonds is 8. The molecule has 0 saturated carbocycles. The molecule has 0 N–H and O–H groups in total. The van der Waals surface area contributed by atoms with E-state index in [1.807, 2.05) is 26.0 Å². The average molecular weight is 264 g/mol. The minimum atomic E-state index is -0.187. The molecular formula is C17H28O2. The lowest BCUT2D eigenvalue weighted by molar-refractivity contribution is -0.0613. The van der Waals surface area contributed by atoms with E-state index in [2.05, 4.69) is 32.9 Å². The van der Waals surface area contributed by atoms with Gasteiger partial charge in [-0.15, -0.1) is 0 Å². The first-order valence-corrected chi connectivity index (χ1v) is 7.45. The Morgan fingerprint density at radius 1 is 1.00 bits per heavy atom.